The lowest BCUT2D eigenvalue weighted by molar-refractivity contribution is -0.198. The average Bonchev–Trinajstić information content (AvgIpc) is 3.26. The number of ether oxygens (including phenoxy) is 5. The van der Waals surface area contributed by atoms with E-state index in [4.69, 9.17) is 18.9 Å². The molecule has 0 aromatic rings. The second-order valence-corrected chi connectivity index (χ2v) is 12.7. The predicted octanol–water partition coefficient (Wildman–Crippen LogP) is 6.48. The van der Waals surface area contributed by atoms with Crippen LogP contribution in [0, 0.1) is 17.3 Å². The molecule has 6 atom stereocenters. The zero-order valence-electron chi connectivity index (χ0n) is 25.9. The number of rotatable bonds is 17. The fraction of sp³-hybridized carbons (Fsp3) is 0.848. The Morgan fingerprint density at radius 3 is 2.37 bits per heavy atom. The Hall–Kier alpha value is -1.61. The lowest BCUT2D eigenvalue weighted by Gasteiger charge is -2.36. The molecule has 1 aliphatic carbocycles. The van der Waals surface area contributed by atoms with Gasteiger partial charge in [0.15, 0.2) is 12.6 Å². The highest BCUT2D eigenvalue weighted by Gasteiger charge is 2.43. The Kier molecular flexibility index (Phi) is 14.5. The maximum Gasteiger partial charge on any atom is 0.313 e. The van der Waals surface area contributed by atoms with Gasteiger partial charge in [-0.15, -0.1) is 0 Å². The first kappa shape index (κ1) is 33.9. The monoisotopic (exact) mass is 578 g/mol. The van der Waals surface area contributed by atoms with Crippen molar-refractivity contribution in [1.29, 1.82) is 0 Å². The Labute approximate surface area is 247 Å². The summed E-state index contributed by atoms with van der Waals surface area (Å²) < 4.78 is 29.4. The van der Waals surface area contributed by atoms with E-state index < -0.39 is 5.97 Å². The molecule has 0 N–H and O–H groups in total. The fourth-order valence-corrected chi connectivity index (χ4v) is 6.21. The second kappa shape index (κ2) is 17.5. The van der Waals surface area contributed by atoms with Gasteiger partial charge in [0.1, 0.15) is 18.0 Å². The topological polar surface area (TPSA) is 97.4 Å². The molecule has 0 bridgehead atoms. The third-order valence-corrected chi connectivity index (χ3v) is 8.85. The molecule has 3 fully saturated rings. The van der Waals surface area contributed by atoms with Crippen molar-refractivity contribution in [2.24, 2.45) is 17.3 Å². The molecule has 2 aliphatic heterocycles. The van der Waals surface area contributed by atoms with Crippen molar-refractivity contribution in [1.82, 2.24) is 0 Å². The zero-order chi connectivity index (χ0) is 29.7. The third kappa shape index (κ3) is 11.2. The summed E-state index contributed by atoms with van der Waals surface area (Å²) in [7, 11) is 1.29. The highest BCUT2D eigenvalue weighted by molar-refractivity contribution is 5.95. The lowest BCUT2D eigenvalue weighted by Crippen LogP contribution is -2.37. The minimum absolute atomic E-state index is 0.0841. The van der Waals surface area contributed by atoms with Gasteiger partial charge in [0.2, 0.25) is 0 Å². The number of carbonyl (C=O) groups is 3. The number of hydrogen-bond donors (Lipinski definition) is 0. The standard InChI is InChI=1S/C33H54O8/c1-5-6-19-33(2,3)29(41-32-16-10-12-21-39-32)18-17-26-25(14-8-7-13-24(34)22-30(36)37-4)27(35)23-28(26)40-31-15-9-11-20-38-31/h17-18,25-26,28-29,31-32H,5-16,19-23H2,1-4H3/b18-17+/t25-,26-,28-,29-,31?,32?/m1/s1. The predicted molar refractivity (Wildman–Crippen MR) is 156 cm³/mol. The summed E-state index contributed by atoms with van der Waals surface area (Å²) in [6.07, 6.45) is 15.4. The van der Waals surface area contributed by atoms with E-state index in [1.54, 1.807) is 0 Å². The molecule has 3 aliphatic rings. The van der Waals surface area contributed by atoms with Crippen molar-refractivity contribution in [2.45, 2.75) is 142 Å². The Bertz CT molecular complexity index is 840. The molecule has 8 heteroatoms. The van der Waals surface area contributed by atoms with Crippen LogP contribution in [0.1, 0.15) is 117 Å². The molecule has 0 aromatic heterocycles. The summed E-state index contributed by atoms with van der Waals surface area (Å²) in [5, 5.41) is 0. The summed E-state index contributed by atoms with van der Waals surface area (Å²) in [6, 6.07) is 0. The smallest absolute Gasteiger partial charge is 0.313 e. The Morgan fingerprint density at radius 1 is 1.02 bits per heavy atom. The minimum atomic E-state index is -0.506. The fourth-order valence-electron chi connectivity index (χ4n) is 6.21. The summed E-state index contributed by atoms with van der Waals surface area (Å²) >= 11 is 0. The molecule has 0 spiro atoms. The zero-order valence-corrected chi connectivity index (χ0v) is 25.9. The number of methoxy groups -OCH3 is 1. The number of unbranched alkanes of at least 4 members (excludes halogenated alkanes) is 2. The SMILES string of the molecule is CCCCC(C)(C)[C@@H](/C=C/[C@H]1[C@H](OC2CCCCO2)CC(=O)[C@@H]1CCCCC(=O)CC(=O)OC)OC1CCCCO1. The van der Waals surface area contributed by atoms with Gasteiger partial charge in [-0.25, -0.2) is 0 Å². The third-order valence-electron chi connectivity index (χ3n) is 8.85. The Balaban J connectivity index is 1.72. The number of Topliss-reactive ketones (excluding diaryl/α,β-unsaturated/α-hetero) is 2. The van der Waals surface area contributed by atoms with E-state index in [-0.39, 0.29) is 60.0 Å². The molecule has 0 amide bonds. The molecule has 234 valence electrons. The molecule has 2 heterocycles. The van der Waals surface area contributed by atoms with Gasteiger partial charge in [-0.3, -0.25) is 14.4 Å². The van der Waals surface area contributed by atoms with Crippen LogP contribution in [0.5, 0.6) is 0 Å². The van der Waals surface area contributed by atoms with Crippen molar-refractivity contribution in [3.05, 3.63) is 12.2 Å². The summed E-state index contributed by atoms with van der Waals surface area (Å²) in [6.45, 7) is 8.14. The highest BCUT2D eigenvalue weighted by Crippen LogP contribution is 2.39. The lowest BCUT2D eigenvalue weighted by atomic mass is 9.80. The number of hydrogen-bond acceptors (Lipinski definition) is 8. The minimum Gasteiger partial charge on any atom is -0.469 e. The van der Waals surface area contributed by atoms with Crippen LogP contribution in [-0.2, 0) is 38.1 Å². The molecule has 8 nitrogen and oxygen atoms in total. The van der Waals surface area contributed by atoms with E-state index in [0.717, 1.165) is 70.8 Å². The number of carbonyl (C=O) groups excluding carboxylic acids is 3. The first-order valence-corrected chi connectivity index (χ1v) is 16.1. The summed E-state index contributed by atoms with van der Waals surface area (Å²) in [5.41, 5.74) is -0.0890. The van der Waals surface area contributed by atoms with Gasteiger partial charge in [0.05, 0.1) is 19.3 Å². The quantitative estimate of drug-likeness (QED) is 0.0837. The average molecular weight is 579 g/mol. The molecule has 0 aromatic carbocycles. The molecule has 2 unspecified atom stereocenters. The van der Waals surface area contributed by atoms with Crippen molar-refractivity contribution in [3.63, 3.8) is 0 Å². The van der Waals surface area contributed by atoms with Crippen LogP contribution in [0.4, 0.5) is 0 Å². The van der Waals surface area contributed by atoms with Crippen LogP contribution in [0.2, 0.25) is 0 Å². The van der Waals surface area contributed by atoms with Gasteiger partial charge in [0.25, 0.3) is 0 Å². The van der Waals surface area contributed by atoms with Crippen molar-refractivity contribution in [2.75, 3.05) is 20.3 Å². The van der Waals surface area contributed by atoms with Crippen LogP contribution < -0.4 is 0 Å². The maximum absolute atomic E-state index is 13.3. The van der Waals surface area contributed by atoms with Crippen LogP contribution in [0.15, 0.2) is 12.2 Å². The van der Waals surface area contributed by atoms with Crippen LogP contribution >= 0.6 is 0 Å². The highest BCUT2D eigenvalue weighted by atomic mass is 16.7. The number of ketones is 2. The van der Waals surface area contributed by atoms with Gasteiger partial charge in [-0.2, -0.15) is 0 Å². The van der Waals surface area contributed by atoms with Gasteiger partial charge in [0, 0.05) is 37.9 Å². The Morgan fingerprint density at radius 2 is 1.73 bits per heavy atom. The van der Waals surface area contributed by atoms with Crippen molar-refractivity contribution < 1.29 is 38.1 Å². The van der Waals surface area contributed by atoms with E-state index in [2.05, 4.69) is 37.7 Å². The van der Waals surface area contributed by atoms with Gasteiger partial charge in [-0.1, -0.05) is 52.2 Å². The first-order valence-electron chi connectivity index (χ1n) is 16.1. The van der Waals surface area contributed by atoms with E-state index in [0.29, 0.717) is 32.3 Å². The molecular weight excluding hydrogens is 524 g/mol. The van der Waals surface area contributed by atoms with Gasteiger partial charge >= 0.3 is 5.97 Å². The van der Waals surface area contributed by atoms with Crippen LogP contribution in [0.25, 0.3) is 0 Å². The normalized spacial score (nSPS) is 28.2. The van der Waals surface area contributed by atoms with Crippen LogP contribution in [-0.4, -0.2) is 62.6 Å². The summed E-state index contributed by atoms with van der Waals surface area (Å²) in [5.74, 6) is -0.686. The van der Waals surface area contributed by atoms with Gasteiger partial charge in [-0.05, 0) is 63.2 Å². The number of esters is 1. The van der Waals surface area contributed by atoms with E-state index in [1.807, 2.05) is 0 Å². The van der Waals surface area contributed by atoms with Crippen molar-refractivity contribution >= 4 is 17.5 Å². The first-order chi connectivity index (χ1) is 19.7. The van der Waals surface area contributed by atoms with Gasteiger partial charge < -0.3 is 23.7 Å². The van der Waals surface area contributed by atoms with E-state index in [1.165, 1.54) is 7.11 Å². The van der Waals surface area contributed by atoms with E-state index >= 15 is 0 Å². The molecule has 41 heavy (non-hydrogen) atoms. The van der Waals surface area contributed by atoms with Crippen LogP contribution in [0.3, 0.4) is 0 Å². The second-order valence-electron chi connectivity index (χ2n) is 12.7. The molecule has 0 radical (unpaired) electrons. The largest absolute Gasteiger partial charge is 0.469 e. The van der Waals surface area contributed by atoms with E-state index in [9.17, 15) is 14.4 Å². The molecule has 1 saturated carbocycles. The molecular formula is C33H54O8. The summed E-state index contributed by atoms with van der Waals surface area (Å²) in [4.78, 5) is 36.8. The molecule has 2 saturated heterocycles. The van der Waals surface area contributed by atoms with Crippen molar-refractivity contribution in [3.8, 4) is 0 Å². The molecule has 3 rings (SSSR count). The maximum atomic E-state index is 13.3.